The lowest BCUT2D eigenvalue weighted by molar-refractivity contribution is 0.589. The van der Waals surface area contributed by atoms with Gasteiger partial charge in [0, 0.05) is 17.9 Å². The third kappa shape index (κ3) is 1.48. The third-order valence-corrected chi connectivity index (χ3v) is 6.60. The van der Waals surface area contributed by atoms with Crippen molar-refractivity contribution in [1.82, 2.24) is 0 Å². The van der Waals surface area contributed by atoms with Crippen LogP contribution in [-0.2, 0) is 4.57 Å². The Kier molecular flexibility index (Phi) is 2.28. The minimum atomic E-state index is -1.94. The van der Waals surface area contributed by atoms with Crippen LogP contribution in [0, 0.1) is 12.3 Å². The summed E-state index contributed by atoms with van der Waals surface area (Å²) >= 11 is 1.46. The minimum absolute atomic E-state index is 0.630. The van der Waals surface area contributed by atoms with Crippen LogP contribution in [0.5, 0.6) is 0 Å². The Balaban J connectivity index is 2.70. The van der Waals surface area contributed by atoms with Crippen molar-refractivity contribution in [2.75, 3.05) is 18.6 Å². The summed E-state index contributed by atoms with van der Waals surface area (Å²) in [6.45, 7) is 0. The van der Waals surface area contributed by atoms with Crippen LogP contribution in [0.2, 0.25) is 0 Å². The lowest BCUT2D eigenvalue weighted by Crippen LogP contribution is -1.80. The average molecular weight is 172 g/mol. The molecule has 0 N–H and O–H groups in total. The summed E-state index contributed by atoms with van der Waals surface area (Å²) < 4.78 is 11.6. The maximum absolute atomic E-state index is 11.6. The van der Waals surface area contributed by atoms with Gasteiger partial charge in [-0.25, -0.2) is 0 Å². The molecule has 1 aliphatic rings. The molecule has 0 amide bonds. The van der Waals surface area contributed by atoms with Crippen molar-refractivity contribution < 1.29 is 4.57 Å². The molecule has 0 aromatic heterocycles. The van der Waals surface area contributed by atoms with Crippen LogP contribution in [0.25, 0.3) is 0 Å². The molecule has 0 spiro atoms. The van der Waals surface area contributed by atoms with E-state index in [9.17, 15) is 4.57 Å². The fourth-order valence-electron chi connectivity index (χ4n) is 0.882. The number of allylic oxidation sites excluding steroid dienone is 2. The molecule has 3 heteroatoms. The highest BCUT2D eigenvalue weighted by Crippen LogP contribution is 2.61. The molecule has 1 aliphatic heterocycles. The van der Waals surface area contributed by atoms with E-state index in [1.54, 1.807) is 0 Å². The average Bonchev–Trinajstić information content (AvgIpc) is 2.33. The van der Waals surface area contributed by atoms with Crippen molar-refractivity contribution in [1.29, 1.82) is 0 Å². The SMILES string of the molecule is C#CC1=CCP(=O)(SC)C1. The highest BCUT2D eigenvalue weighted by atomic mass is 32.7. The molecular weight excluding hydrogens is 163 g/mol. The van der Waals surface area contributed by atoms with Gasteiger partial charge >= 0.3 is 0 Å². The zero-order chi connectivity index (χ0) is 7.61. The number of hydrogen-bond donors (Lipinski definition) is 0. The first-order chi connectivity index (χ1) is 4.70. The summed E-state index contributed by atoms with van der Waals surface area (Å²) in [6, 6.07) is 0. The molecule has 0 saturated heterocycles. The van der Waals surface area contributed by atoms with E-state index < -0.39 is 6.34 Å². The van der Waals surface area contributed by atoms with Crippen LogP contribution in [-0.4, -0.2) is 18.6 Å². The van der Waals surface area contributed by atoms with Gasteiger partial charge in [-0.15, -0.1) is 6.42 Å². The van der Waals surface area contributed by atoms with Crippen LogP contribution >= 0.6 is 17.7 Å². The van der Waals surface area contributed by atoms with Crippen molar-refractivity contribution in [2.45, 2.75) is 0 Å². The molecule has 0 aromatic carbocycles. The lowest BCUT2D eigenvalue weighted by Gasteiger charge is -2.04. The molecule has 0 fully saturated rings. The van der Waals surface area contributed by atoms with Gasteiger partial charge in [0.2, 0.25) is 0 Å². The fraction of sp³-hybridized carbons (Fsp3) is 0.429. The summed E-state index contributed by atoms with van der Waals surface area (Å²) in [5.41, 5.74) is 0.915. The predicted molar refractivity (Wildman–Crippen MR) is 47.8 cm³/mol. The van der Waals surface area contributed by atoms with Gasteiger partial charge in [0.15, 0.2) is 0 Å². The summed E-state index contributed by atoms with van der Waals surface area (Å²) in [5.74, 6) is 2.53. The van der Waals surface area contributed by atoms with Crippen molar-refractivity contribution in [2.24, 2.45) is 0 Å². The first-order valence-corrected chi connectivity index (χ1v) is 6.90. The van der Waals surface area contributed by atoms with Crippen molar-refractivity contribution in [3.63, 3.8) is 0 Å². The van der Waals surface area contributed by atoms with E-state index in [2.05, 4.69) is 5.92 Å². The van der Waals surface area contributed by atoms with Crippen molar-refractivity contribution in [3.05, 3.63) is 11.6 Å². The van der Waals surface area contributed by atoms with E-state index in [1.165, 1.54) is 11.4 Å². The molecule has 0 radical (unpaired) electrons. The molecule has 0 saturated carbocycles. The topological polar surface area (TPSA) is 17.1 Å². The Hall–Kier alpha value is -0.120. The Morgan fingerprint density at radius 1 is 1.90 bits per heavy atom. The zero-order valence-corrected chi connectivity index (χ0v) is 7.54. The van der Waals surface area contributed by atoms with Gasteiger partial charge in [0.25, 0.3) is 0 Å². The maximum atomic E-state index is 11.6. The second-order valence-corrected chi connectivity index (χ2v) is 7.98. The zero-order valence-electron chi connectivity index (χ0n) is 5.83. The molecule has 1 heterocycles. The van der Waals surface area contributed by atoms with Gasteiger partial charge in [-0.1, -0.05) is 23.4 Å². The molecule has 0 aliphatic carbocycles. The normalized spacial score (nSPS) is 31.4. The maximum Gasteiger partial charge on any atom is 0.147 e. The first-order valence-electron chi connectivity index (χ1n) is 3.00. The summed E-state index contributed by atoms with van der Waals surface area (Å²) in [6.07, 6.45) is 8.33. The van der Waals surface area contributed by atoms with Gasteiger partial charge in [-0.3, -0.25) is 0 Å². The van der Waals surface area contributed by atoms with Gasteiger partial charge in [-0.05, 0) is 6.26 Å². The molecule has 0 bridgehead atoms. The van der Waals surface area contributed by atoms with Gasteiger partial charge in [0.05, 0.1) is 0 Å². The van der Waals surface area contributed by atoms with E-state index >= 15 is 0 Å². The van der Waals surface area contributed by atoms with E-state index in [-0.39, 0.29) is 0 Å². The monoisotopic (exact) mass is 172 g/mol. The van der Waals surface area contributed by atoms with Gasteiger partial charge in [0.1, 0.15) is 6.34 Å². The highest BCUT2D eigenvalue weighted by molar-refractivity contribution is 8.57. The quantitative estimate of drug-likeness (QED) is 0.445. The van der Waals surface area contributed by atoms with Crippen LogP contribution < -0.4 is 0 Å². The molecule has 54 valence electrons. The standard InChI is InChI=1S/C7H9OPS/c1-3-7-4-5-9(8,6-7)10-2/h1,4H,5-6H2,2H3. The van der Waals surface area contributed by atoms with Crippen LogP contribution in [0.4, 0.5) is 0 Å². The van der Waals surface area contributed by atoms with Crippen molar-refractivity contribution in [3.8, 4) is 12.3 Å². The Bertz CT molecular complexity index is 249. The van der Waals surface area contributed by atoms with E-state index in [1.807, 2.05) is 12.3 Å². The van der Waals surface area contributed by atoms with Gasteiger partial charge < -0.3 is 4.57 Å². The Labute approximate surface area is 65.4 Å². The Morgan fingerprint density at radius 3 is 2.90 bits per heavy atom. The number of rotatable bonds is 1. The highest BCUT2D eigenvalue weighted by Gasteiger charge is 2.25. The molecule has 1 nitrogen and oxygen atoms in total. The van der Waals surface area contributed by atoms with Crippen LogP contribution in [0.3, 0.4) is 0 Å². The molecule has 1 rings (SSSR count). The van der Waals surface area contributed by atoms with Gasteiger partial charge in [-0.2, -0.15) is 0 Å². The van der Waals surface area contributed by atoms with Crippen LogP contribution in [0.1, 0.15) is 0 Å². The largest absolute Gasteiger partial charge is 0.311 e. The molecular formula is C7H9OPS. The summed E-state index contributed by atoms with van der Waals surface area (Å²) in [7, 11) is 0. The molecule has 1 unspecified atom stereocenters. The Morgan fingerprint density at radius 2 is 2.60 bits per heavy atom. The molecule has 1 atom stereocenters. The first kappa shape index (κ1) is 7.98. The van der Waals surface area contributed by atoms with Crippen molar-refractivity contribution >= 4 is 17.7 Å². The summed E-state index contributed by atoms with van der Waals surface area (Å²) in [5, 5.41) is 0. The number of hydrogen-bond acceptors (Lipinski definition) is 2. The summed E-state index contributed by atoms with van der Waals surface area (Å²) in [4.78, 5) is 0. The number of terminal acetylenes is 1. The molecule has 10 heavy (non-hydrogen) atoms. The minimum Gasteiger partial charge on any atom is -0.311 e. The van der Waals surface area contributed by atoms with E-state index in [4.69, 9.17) is 6.42 Å². The second-order valence-electron chi connectivity index (χ2n) is 2.21. The molecule has 0 aromatic rings. The predicted octanol–water partition coefficient (Wildman–Crippen LogP) is 2.20. The fourth-order valence-corrected chi connectivity index (χ4v) is 4.00. The lowest BCUT2D eigenvalue weighted by atomic mass is 10.3. The second kappa shape index (κ2) is 2.86. The smallest absolute Gasteiger partial charge is 0.147 e. The van der Waals surface area contributed by atoms with E-state index in [0.717, 1.165) is 5.57 Å². The van der Waals surface area contributed by atoms with Crippen LogP contribution in [0.15, 0.2) is 11.6 Å². The van der Waals surface area contributed by atoms with E-state index in [0.29, 0.717) is 12.3 Å². The third-order valence-electron chi connectivity index (χ3n) is 1.55.